The fourth-order valence-corrected chi connectivity index (χ4v) is 2.49. The minimum absolute atomic E-state index is 0.383. The first-order valence-corrected chi connectivity index (χ1v) is 7.61. The van der Waals surface area contributed by atoms with Crippen molar-refractivity contribution in [3.05, 3.63) is 54.1 Å². The molecule has 0 heterocycles. The van der Waals surface area contributed by atoms with Gasteiger partial charge in [-0.2, -0.15) is 0 Å². The van der Waals surface area contributed by atoms with Gasteiger partial charge in [-0.1, -0.05) is 37.8 Å². The zero-order valence-electron chi connectivity index (χ0n) is 13.6. The van der Waals surface area contributed by atoms with Crippen molar-refractivity contribution >= 4 is 5.57 Å². The predicted octanol–water partition coefficient (Wildman–Crippen LogP) is 4.86. The Labute approximate surface area is 125 Å². The van der Waals surface area contributed by atoms with Gasteiger partial charge in [-0.3, -0.25) is 4.90 Å². The van der Waals surface area contributed by atoms with Crippen LogP contribution in [0.2, 0.25) is 0 Å². The summed E-state index contributed by atoms with van der Waals surface area (Å²) in [4.78, 5) is 2.36. The lowest BCUT2D eigenvalue weighted by Crippen LogP contribution is -2.30. The Bertz CT molecular complexity index is 459. The molecule has 0 aliphatic carbocycles. The fourth-order valence-electron chi connectivity index (χ4n) is 2.49. The number of rotatable bonds is 8. The molecule has 0 spiro atoms. The highest BCUT2D eigenvalue weighted by atomic mass is 15.1. The number of nitrogens with zero attached hydrogens (tertiary/aromatic N) is 1. The Hall–Kier alpha value is -1.34. The van der Waals surface area contributed by atoms with Crippen LogP contribution in [-0.2, 0) is 6.42 Å². The quantitative estimate of drug-likeness (QED) is 0.610. The van der Waals surface area contributed by atoms with Crippen LogP contribution >= 0.6 is 0 Å². The number of aryl methyl sites for hydroxylation is 2. The van der Waals surface area contributed by atoms with Crippen molar-refractivity contribution in [3.8, 4) is 0 Å². The van der Waals surface area contributed by atoms with E-state index in [0.717, 1.165) is 19.4 Å². The number of hydrogen-bond donors (Lipinski definition) is 0. The zero-order valence-corrected chi connectivity index (χ0v) is 13.6. The molecule has 0 aliphatic rings. The number of allylic oxidation sites excluding steroid dienone is 1. The Morgan fingerprint density at radius 2 is 2.10 bits per heavy atom. The SMILES string of the molecule is C=CCCc1ccc(C(=C)C(C)N(C)CCC)cc1C. The Morgan fingerprint density at radius 1 is 1.40 bits per heavy atom. The average molecular weight is 271 g/mol. The molecule has 0 N–H and O–H groups in total. The molecule has 110 valence electrons. The van der Waals surface area contributed by atoms with Gasteiger partial charge >= 0.3 is 0 Å². The van der Waals surface area contributed by atoms with Crippen LogP contribution < -0.4 is 0 Å². The summed E-state index contributed by atoms with van der Waals surface area (Å²) in [5.74, 6) is 0. The van der Waals surface area contributed by atoms with Crippen LogP contribution in [0, 0.1) is 6.92 Å². The van der Waals surface area contributed by atoms with Gasteiger partial charge in [0.15, 0.2) is 0 Å². The van der Waals surface area contributed by atoms with Crippen LogP contribution in [0.15, 0.2) is 37.4 Å². The van der Waals surface area contributed by atoms with Crippen molar-refractivity contribution in [1.82, 2.24) is 4.90 Å². The molecule has 20 heavy (non-hydrogen) atoms. The molecule has 0 saturated carbocycles. The van der Waals surface area contributed by atoms with Crippen LogP contribution in [0.1, 0.15) is 43.4 Å². The summed E-state index contributed by atoms with van der Waals surface area (Å²) >= 11 is 0. The van der Waals surface area contributed by atoms with Gasteiger partial charge in [0.2, 0.25) is 0 Å². The summed E-state index contributed by atoms with van der Waals surface area (Å²) in [6, 6.07) is 7.11. The fraction of sp³-hybridized carbons (Fsp3) is 0.474. The van der Waals surface area contributed by atoms with Crippen LogP contribution in [0.3, 0.4) is 0 Å². The van der Waals surface area contributed by atoms with E-state index in [4.69, 9.17) is 0 Å². The molecule has 0 bridgehead atoms. The monoisotopic (exact) mass is 271 g/mol. The molecule has 1 aromatic carbocycles. The van der Waals surface area contributed by atoms with Crippen molar-refractivity contribution in [2.24, 2.45) is 0 Å². The average Bonchev–Trinajstić information content (AvgIpc) is 2.44. The first kappa shape index (κ1) is 16.7. The van der Waals surface area contributed by atoms with Crippen molar-refractivity contribution in [1.29, 1.82) is 0 Å². The van der Waals surface area contributed by atoms with Crippen molar-refractivity contribution in [2.45, 2.75) is 46.1 Å². The summed E-state index contributed by atoms with van der Waals surface area (Å²) in [5.41, 5.74) is 5.24. The lowest BCUT2D eigenvalue weighted by molar-refractivity contribution is 0.305. The highest BCUT2D eigenvalue weighted by Crippen LogP contribution is 2.23. The van der Waals surface area contributed by atoms with Gasteiger partial charge in [0.05, 0.1) is 0 Å². The first-order chi connectivity index (χ1) is 9.51. The van der Waals surface area contributed by atoms with E-state index in [-0.39, 0.29) is 0 Å². The maximum absolute atomic E-state index is 4.30. The molecule has 1 atom stereocenters. The summed E-state index contributed by atoms with van der Waals surface area (Å²) in [7, 11) is 2.17. The minimum atomic E-state index is 0.383. The summed E-state index contributed by atoms with van der Waals surface area (Å²) in [5, 5.41) is 0. The van der Waals surface area contributed by atoms with E-state index in [1.54, 1.807) is 0 Å². The highest BCUT2D eigenvalue weighted by Gasteiger charge is 2.14. The molecule has 1 nitrogen and oxygen atoms in total. The van der Waals surface area contributed by atoms with Gasteiger partial charge in [0.25, 0.3) is 0 Å². The maximum atomic E-state index is 4.30. The van der Waals surface area contributed by atoms with Crippen LogP contribution in [0.4, 0.5) is 0 Å². The Balaban J connectivity index is 2.83. The molecular weight excluding hydrogens is 242 g/mol. The lowest BCUT2D eigenvalue weighted by atomic mass is 9.95. The highest BCUT2D eigenvalue weighted by molar-refractivity contribution is 5.68. The molecule has 0 fully saturated rings. The molecule has 0 radical (unpaired) electrons. The molecule has 1 unspecified atom stereocenters. The van der Waals surface area contributed by atoms with E-state index in [1.165, 1.54) is 28.7 Å². The van der Waals surface area contributed by atoms with Gasteiger partial charge < -0.3 is 0 Å². The van der Waals surface area contributed by atoms with Gasteiger partial charge in [-0.25, -0.2) is 0 Å². The third-order valence-electron chi connectivity index (χ3n) is 4.07. The zero-order chi connectivity index (χ0) is 15.1. The van der Waals surface area contributed by atoms with E-state index in [1.807, 2.05) is 6.08 Å². The van der Waals surface area contributed by atoms with E-state index in [0.29, 0.717) is 6.04 Å². The summed E-state index contributed by atoms with van der Waals surface area (Å²) < 4.78 is 0. The van der Waals surface area contributed by atoms with Crippen LogP contribution in [0.25, 0.3) is 5.57 Å². The smallest absolute Gasteiger partial charge is 0.0316 e. The summed E-state index contributed by atoms with van der Waals surface area (Å²) in [6.07, 6.45) is 5.27. The third kappa shape index (κ3) is 4.35. The molecule has 1 aromatic rings. The predicted molar refractivity (Wildman–Crippen MR) is 91.1 cm³/mol. The number of benzene rings is 1. The second-order valence-electron chi connectivity index (χ2n) is 5.65. The largest absolute Gasteiger partial charge is 0.300 e. The maximum Gasteiger partial charge on any atom is 0.0316 e. The normalized spacial score (nSPS) is 12.4. The third-order valence-corrected chi connectivity index (χ3v) is 4.07. The van der Waals surface area contributed by atoms with Gasteiger partial charge in [0, 0.05) is 6.04 Å². The van der Waals surface area contributed by atoms with Gasteiger partial charge in [-0.05, 0) is 69.0 Å². The van der Waals surface area contributed by atoms with Crippen LogP contribution in [-0.4, -0.2) is 24.5 Å². The second-order valence-corrected chi connectivity index (χ2v) is 5.65. The van der Waals surface area contributed by atoms with E-state index >= 15 is 0 Å². The van der Waals surface area contributed by atoms with Crippen LogP contribution in [0.5, 0.6) is 0 Å². The molecule has 0 aromatic heterocycles. The molecule has 0 aliphatic heterocycles. The van der Waals surface area contributed by atoms with E-state index in [2.05, 4.69) is 64.1 Å². The lowest BCUT2D eigenvalue weighted by Gasteiger charge is -2.26. The van der Waals surface area contributed by atoms with Crippen molar-refractivity contribution < 1.29 is 0 Å². The van der Waals surface area contributed by atoms with E-state index < -0.39 is 0 Å². The second kappa shape index (κ2) is 8.06. The molecule has 0 amide bonds. The Kier molecular flexibility index (Phi) is 6.74. The van der Waals surface area contributed by atoms with Gasteiger partial charge in [-0.15, -0.1) is 6.58 Å². The molecule has 0 saturated heterocycles. The minimum Gasteiger partial charge on any atom is -0.300 e. The molecule has 1 rings (SSSR count). The summed E-state index contributed by atoms with van der Waals surface area (Å²) in [6.45, 7) is 15.8. The first-order valence-electron chi connectivity index (χ1n) is 7.61. The van der Waals surface area contributed by atoms with E-state index in [9.17, 15) is 0 Å². The molecular formula is C19H29N. The standard InChI is InChI=1S/C19H29N/c1-7-9-10-18-11-12-19(14-15(18)3)16(4)17(5)20(6)13-8-2/h7,11-12,14,17H,1,4,8-10,13H2,2-3,5-6H3. The Morgan fingerprint density at radius 3 is 2.65 bits per heavy atom. The van der Waals surface area contributed by atoms with Crippen molar-refractivity contribution in [3.63, 3.8) is 0 Å². The molecule has 1 heteroatoms. The van der Waals surface area contributed by atoms with Gasteiger partial charge in [0.1, 0.15) is 0 Å². The van der Waals surface area contributed by atoms with Crippen molar-refractivity contribution in [2.75, 3.05) is 13.6 Å². The number of likely N-dealkylation sites (N-methyl/N-ethyl adjacent to an activating group) is 1. The number of hydrogen-bond acceptors (Lipinski definition) is 1. The topological polar surface area (TPSA) is 3.24 Å².